The summed E-state index contributed by atoms with van der Waals surface area (Å²) in [5.41, 5.74) is 12.1. The summed E-state index contributed by atoms with van der Waals surface area (Å²) >= 11 is 0. The molecule has 8 nitrogen and oxygen atoms in total. The van der Waals surface area contributed by atoms with Crippen LogP contribution in [0.3, 0.4) is 0 Å². The molecule has 0 saturated carbocycles. The highest BCUT2D eigenvalue weighted by Gasteiger charge is 2.04. The second kappa shape index (κ2) is 17.3. The van der Waals surface area contributed by atoms with Crippen molar-refractivity contribution in [1.82, 2.24) is 0 Å². The average molecular weight is 292 g/mol. The molecule has 0 spiro atoms. The molecule has 0 saturated heterocycles. The molecule has 0 aromatic carbocycles. The molecule has 0 bridgehead atoms. The van der Waals surface area contributed by atoms with Crippen molar-refractivity contribution < 1.29 is 30.0 Å². The molecular formula is C12H24N2O6. The van der Waals surface area contributed by atoms with E-state index in [1.54, 1.807) is 12.2 Å². The molecule has 0 aromatic rings. The Hall–Kier alpha value is -1.74. The van der Waals surface area contributed by atoms with Crippen molar-refractivity contribution in [3.63, 3.8) is 0 Å². The van der Waals surface area contributed by atoms with Crippen LogP contribution in [0.15, 0.2) is 23.3 Å². The first-order chi connectivity index (χ1) is 9.26. The second-order valence-electron chi connectivity index (χ2n) is 3.50. The summed E-state index contributed by atoms with van der Waals surface area (Å²) < 4.78 is 0. The third-order valence-corrected chi connectivity index (χ3v) is 1.61. The Morgan fingerprint density at radius 3 is 1.15 bits per heavy atom. The van der Waals surface area contributed by atoms with E-state index in [0.29, 0.717) is 13.1 Å². The van der Waals surface area contributed by atoms with Crippen molar-refractivity contribution in [3.05, 3.63) is 23.3 Å². The third kappa shape index (κ3) is 25.2. The predicted octanol–water partition coefficient (Wildman–Crippen LogP) is -1.08. The van der Waals surface area contributed by atoms with Crippen LogP contribution in [0.2, 0.25) is 0 Å². The van der Waals surface area contributed by atoms with Gasteiger partial charge in [0.2, 0.25) is 0 Å². The van der Waals surface area contributed by atoms with E-state index in [2.05, 4.69) is 0 Å². The summed E-state index contributed by atoms with van der Waals surface area (Å²) in [6.07, 6.45) is 3.58. The molecule has 0 radical (unpaired) electrons. The quantitative estimate of drug-likeness (QED) is 0.281. The second-order valence-corrected chi connectivity index (χ2v) is 3.50. The number of hydrogen-bond donors (Lipinski definition) is 6. The topological polar surface area (TPSA) is 167 Å². The Balaban J connectivity index is -0.000000218. The molecule has 8 N–H and O–H groups in total. The van der Waals surface area contributed by atoms with E-state index in [9.17, 15) is 0 Å². The molecule has 0 fully saturated rings. The van der Waals surface area contributed by atoms with Gasteiger partial charge in [0, 0.05) is 13.1 Å². The average Bonchev–Trinajstić information content (AvgIpc) is 2.40. The Morgan fingerprint density at radius 2 is 1.10 bits per heavy atom. The maximum Gasteiger partial charge on any atom is 0.414 e. The van der Waals surface area contributed by atoms with E-state index in [1.165, 1.54) is 0 Å². The molecule has 0 atom stereocenters. The molecule has 0 aromatic heterocycles. The minimum atomic E-state index is -1.82. The smallest absolute Gasteiger partial charge is 0.414 e. The minimum absolute atomic E-state index is 0.122. The van der Waals surface area contributed by atoms with Crippen molar-refractivity contribution in [1.29, 1.82) is 0 Å². The number of carboxylic acid groups (broad SMARTS) is 2. The van der Waals surface area contributed by atoms with Gasteiger partial charge in [-0.2, -0.15) is 0 Å². The zero-order chi connectivity index (χ0) is 16.6. The Kier molecular flexibility index (Phi) is 20.2. The van der Waals surface area contributed by atoms with Gasteiger partial charge < -0.3 is 31.9 Å². The Labute approximate surface area is 118 Å². The Bertz CT molecular complexity index is 294. The number of aliphatic hydroxyl groups excluding tert-OH is 2. The van der Waals surface area contributed by atoms with E-state index >= 15 is 0 Å². The first kappa shape index (κ1) is 23.4. The number of nitrogens with two attached hydrogens (primary N) is 2. The van der Waals surface area contributed by atoms with Crippen molar-refractivity contribution in [2.24, 2.45) is 11.5 Å². The fraction of sp³-hybridized carbons (Fsp3) is 0.500. The highest BCUT2D eigenvalue weighted by molar-refractivity contribution is 6.27. The van der Waals surface area contributed by atoms with Gasteiger partial charge >= 0.3 is 11.9 Å². The molecule has 0 aliphatic carbocycles. The summed E-state index contributed by atoms with van der Waals surface area (Å²) in [7, 11) is 0. The van der Waals surface area contributed by atoms with Crippen LogP contribution >= 0.6 is 0 Å². The Morgan fingerprint density at radius 1 is 0.850 bits per heavy atom. The van der Waals surface area contributed by atoms with Crippen LogP contribution < -0.4 is 11.5 Å². The van der Waals surface area contributed by atoms with E-state index in [-0.39, 0.29) is 13.2 Å². The molecule has 8 heteroatoms. The minimum Gasteiger partial charge on any atom is -0.473 e. The number of aliphatic carboxylic acids is 2. The van der Waals surface area contributed by atoms with Gasteiger partial charge in [-0.3, -0.25) is 0 Å². The summed E-state index contributed by atoms with van der Waals surface area (Å²) in [6.45, 7) is 4.97. The number of carboxylic acids is 2. The van der Waals surface area contributed by atoms with Crippen LogP contribution in [0.5, 0.6) is 0 Å². The molecule has 118 valence electrons. The molecule has 0 rings (SSSR count). The highest BCUT2D eigenvalue weighted by atomic mass is 16.4. The summed E-state index contributed by atoms with van der Waals surface area (Å²) in [5, 5.41) is 31.5. The molecule has 0 aliphatic heterocycles. The van der Waals surface area contributed by atoms with Gasteiger partial charge in [-0.25, -0.2) is 9.59 Å². The lowest BCUT2D eigenvalue weighted by Gasteiger charge is -1.88. The number of aliphatic hydroxyl groups is 2. The van der Waals surface area contributed by atoms with Crippen molar-refractivity contribution in [3.8, 4) is 0 Å². The van der Waals surface area contributed by atoms with Crippen LogP contribution in [0.4, 0.5) is 0 Å². The van der Waals surface area contributed by atoms with Gasteiger partial charge in [0.15, 0.2) is 0 Å². The molecular weight excluding hydrogens is 268 g/mol. The van der Waals surface area contributed by atoms with Crippen molar-refractivity contribution in [2.45, 2.75) is 13.8 Å². The van der Waals surface area contributed by atoms with Gasteiger partial charge in [0.1, 0.15) is 0 Å². The molecule has 20 heavy (non-hydrogen) atoms. The predicted molar refractivity (Wildman–Crippen MR) is 75.1 cm³/mol. The number of rotatable bonds is 4. The van der Waals surface area contributed by atoms with E-state index in [4.69, 9.17) is 41.5 Å². The van der Waals surface area contributed by atoms with Crippen molar-refractivity contribution in [2.75, 3.05) is 26.3 Å². The first-order valence-corrected chi connectivity index (χ1v) is 5.66. The summed E-state index contributed by atoms with van der Waals surface area (Å²) in [4.78, 5) is 18.2. The molecule has 0 unspecified atom stereocenters. The zero-order valence-corrected chi connectivity index (χ0v) is 11.7. The van der Waals surface area contributed by atoms with E-state index in [1.807, 2.05) is 13.8 Å². The van der Waals surface area contributed by atoms with Crippen LogP contribution in [0.25, 0.3) is 0 Å². The monoisotopic (exact) mass is 292 g/mol. The normalized spacial score (nSPS) is 10.7. The molecule has 0 heterocycles. The lowest BCUT2D eigenvalue weighted by atomic mass is 10.3. The van der Waals surface area contributed by atoms with Crippen LogP contribution in [-0.4, -0.2) is 58.7 Å². The molecule has 0 amide bonds. The van der Waals surface area contributed by atoms with E-state index < -0.39 is 11.9 Å². The van der Waals surface area contributed by atoms with Gasteiger partial charge in [-0.05, 0) is 13.8 Å². The molecule has 0 aliphatic rings. The maximum atomic E-state index is 9.10. The van der Waals surface area contributed by atoms with Crippen LogP contribution in [0.1, 0.15) is 13.8 Å². The van der Waals surface area contributed by atoms with Gasteiger partial charge in [-0.1, -0.05) is 23.3 Å². The summed E-state index contributed by atoms with van der Waals surface area (Å²) in [6, 6.07) is 0. The highest BCUT2D eigenvalue weighted by Crippen LogP contribution is 1.85. The van der Waals surface area contributed by atoms with Gasteiger partial charge in [-0.15, -0.1) is 0 Å². The number of carbonyl (C=O) groups is 2. The fourth-order valence-corrected chi connectivity index (χ4v) is 0.531. The number of hydrogen-bond acceptors (Lipinski definition) is 6. The van der Waals surface area contributed by atoms with Crippen molar-refractivity contribution >= 4 is 11.9 Å². The maximum absolute atomic E-state index is 9.10. The summed E-state index contributed by atoms with van der Waals surface area (Å²) in [5.74, 6) is -3.65. The van der Waals surface area contributed by atoms with Crippen LogP contribution in [-0.2, 0) is 9.59 Å². The standard InChI is InChI=1S/2C5H11NO.C2H2O4/c2*1-5(4-7)2-3-6;3-1(4)2(5)6/h2*2,7H,3-4,6H2,1H3;(H,3,4)(H,5,6). The van der Waals surface area contributed by atoms with Gasteiger partial charge in [0.25, 0.3) is 0 Å². The zero-order valence-electron chi connectivity index (χ0n) is 11.7. The van der Waals surface area contributed by atoms with Gasteiger partial charge in [0.05, 0.1) is 13.2 Å². The lowest BCUT2D eigenvalue weighted by Crippen LogP contribution is -2.09. The fourth-order valence-electron chi connectivity index (χ4n) is 0.531. The van der Waals surface area contributed by atoms with E-state index in [0.717, 1.165) is 11.1 Å². The third-order valence-electron chi connectivity index (χ3n) is 1.61. The largest absolute Gasteiger partial charge is 0.473 e. The first-order valence-electron chi connectivity index (χ1n) is 5.66. The lowest BCUT2D eigenvalue weighted by molar-refractivity contribution is -0.159. The van der Waals surface area contributed by atoms with Crippen LogP contribution in [0, 0.1) is 0 Å². The SMILES string of the molecule is CC(=CCN)CO.CC(=CCN)CO.O=C(O)C(=O)O.